The van der Waals surface area contributed by atoms with Crippen LogP contribution in [0.5, 0.6) is 0 Å². The maximum atomic E-state index is 13.6. The van der Waals surface area contributed by atoms with Gasteiger partial charge in [-0.25, -0.2) is 12.8 Å². The second-order valence-corrected chi connectivity index (χ2v) is 9.47. The van der Waals surface area contributed by atoms with Crippen molar-refractivity contribution in [1.29, 1.82) is 0 Å². The predicted molar refractivity (Wildman–Crippen MR) is 93.0 cm³/mol. The molecule has 1 unspecified atom stereocenters. The maximum absolute atomic E-state index is 13.6. The third kappa shape index (κ3) is 3.08. The van der Waals surface area contributed by atoms with E-state index < -0.39 is 15.8 Å². The Morgan fingerprint density at radius 1 is 1.28 bits per heavy atom. The number of nitrogens with zero attached hydrogens (tertiary/aromatic N) is 2. The van der Waals surface area contributed by atoms with Crippen molar-refractivity contribution >= 4 is 15.9 Å². The van der Waals surface area contributed by atoms with E-state index in [-0.39, 0.29) is 28.7 Å². The first-order valence-electron chi connectivity index (χ1n) is 8.65. The quantitative estimate of drug-likeness (QED) is 0.823. The molecular weight excluding hydrogens is 343 g/mol. The Bertz CT molecular complexity index is 786. The highest BCUT2D eigenvalue weighted by Crippen LogP contribution is 2.50. The molecule has 1 amide bonds. The molecule has 1 saturated heterocycles. The first-order chi connectivity index (χ1) is 11.7. The lowest BCUT2D eigenvalue weighted by Gasteiger charge is -2.30. The van der Waals surface area contributed by atoms with E-state index in [1.54, 1.807) is 25.9 Å². The second kappa shape index (κ2) is 6.36. The molecule has 1 saturated carbocycles. The first-order valence-corrected chi connectivity index (χ1v) is 10.1. The van der Waals surface area contributed by atoms with Gasteiger partial charge in [0.15, 0.2) is 0 Å². The largest absolute Gasteiger partial charge is 0.349 e. The molecule has 0 radical (unpaired) electrons. The minimum Gasteiger partial charge on any atom is -0.349 e. The van der Waals surface area contributed by atoms with Crippen molar-refractivity contribution in [2.24, 2.45) is 11.3 Å². The van der Waals surface area contributed by atoms with Gasteiger partial charge in [-0.15, -0.1) is 0 Å². The fourth-order valence-corrected chi connectivity index (χ4v) is 6.12. The summed E-state index contributed by atoms with van der Waals surface area (Å²) in [4.78, 5) is 14.2. The molecule has 3 rings (SSSR count). The maximum Gasteiger partial charge on any atom is 0.243 e. The lowest BCUT2D eigenvalue weighted by atomic mass is 9.76. The molecule has 0 aromatic heterocycles. The average molecular weight is 368 g/mol. The van der Waals surface area contributed by atoms with Crippen LogP contribution in [0, 0.1) is 24.1 Å². The molecule has 7 heteroatoms. The van der Waals surface area contributed by atoms with Crippen LogP contribution >= 0.6 is 0 Å². The van der Waals surface area contributed by atoms with E-state index in [0.29, 0.717) is 12.1 Å². The third-order valence-electron chi connectivity index (χ3n) is 5.72. The zero-order valence-electron chi connectivity index (χ0n) is 15.0. The van der Waals surface area contributed by atoms with Gasteiger partial charge in [0.25, 0.3) is 0 Å². The van der Waals surface area contributed by atoms with Gasteiger partial charge in [-0.1, -0.05) is 18.9 Å². The molecule has 1 aliphatic heterocycles. The lowest BCUT2D eigenvalue weighted by molar-refractivity contribution is -0.135. The minimum atomic E-state index is -3.82. The normalized spacial score (nSPS) is 23.3. The van der Waals surface area contributed by atoms with E-state index in [4.69, 9.17) is 0 Å². The van der Waals surface area contributed by atoms with Crippen LogP contribution in [0.25, 0.3) is 0 Å². The summed E-state index contributed by atoms with van der Waals surface area (Å²) < 4.78 is 41.3. The van der Waals surface area contributed by atoms with Crippen LogP contribution in [0.2, 0.25) is 0 Å². The molecule has 0 N–H and O–H groups in total. The molecule has 2 aliphatic rings. The number of amides is 1. The highest BCUT2D eigenvalue weighted by atomic mass is 32.2. The summed E-state index contributed by atoms with van der Waals surface area (Å²) in [7, 11) is -0.410. The Hall–Kier alpha value is -1.47. The molecule has 1 aliphatic carbocycles. The Labute approximate surface area is 148 Å². The van der Waals surface area contributed by atoms with E-state index in [1.165, 1.54) is 16.4 Å². The van der Waals surface area contributed by atoms with E-state index in [9.17, 15) is 17.6 Å². The molecule has 1 spiro atoms. The second-order valence-electron chi connectivity index (χ2n) is 7.56. The molecular formula is C18H25FN2O3S. The number of halogens is 1. The SMILES string of the molecule is Cc1ccc(F)cc1S(=O)(=O)N1CC(C(=O)N(C)C)C2(CCCC2)C1. The van der Waals surface area contributed by atoms with Gasteiger partial charge < -0.3 is 4.90 Å². The van der Waals surface area contributed by atoms with E-state index in [0.717, 1.165) is 31.7 Å². The van der Waals surface area contributed by atoms with Crippen LogP contribution in [-0.4, -0.2) is 50.7 Å². The topological polar surface area (TPSA) is 57.7 Å². The van der Waals surface area contributed by atoms with Gasteiger partial charge in [-0.3, -0.25) is 4.79 Å². The molecule has 138 valence electrons. The van der Waals surface area contributed by atoms with Crippen molar-refractivity contribution < 1.29 is 17.6 Å². The van der Waals surface area contributed by atoms with Crippen molar-refractivity contribution in [3.8, 4) is 0 Å². The number of hydrogen-bond acceptors (Lipinski definition) is 3. The van der Waals surface area contributed by atoms with Crippen molar-refractivity contribution in [3.63, 3.8) is 0 Å². The fourth-order valence-electron chi connectivity index (χ4n) is 4.33. The Kier molecular flexibility index (Phi) is 4.66. The predicted octanol–water partition coefficient (Wildman–Crippen LogP) is 2.40. The average Bonchev–Trinajstić information content (AvgIpc) is 3.17. The molecule has 25 heavy (non-hydrogen) atoms. The van der Waals surface area contributed by atoms with Gasteiger partial charge in [0.2, 0.25) is 15.9 Å². The lowest BCUT2D eigenvalue weighted by Crippen LogP contribution is -2.39. The Morgan fingerprint density at radius 3 is 2.52 bits per heavy atom. The van der Waals surface area contributed by atoms with Crippen molar-refractivity contribution in [1.82, 2.24) is 9.21 Å². The van der Waals surface area contributed by atoms with Crippen molar-refractivity contribution in [2.45, 2.75) is 37.5 Å². The third-order valence-corrected chi connectivity index (χ3v) is 7.68. The summed E-state index contributed by atoms with van der Waals surface area (Å²) in [5.74, 6) is -0.913. The van der Waals surface area contributed by atoms with Gasteiger partial charge in [-0.2, -0.15) is 4.31 Å². The summed E-state index contributed by atoms with van der Waals surface area (Å²) in [5.41, 5.74) is 0.236. The van der Waals surface area contributed by atoms with E-state index >= 15 is 0 Å². The van der Waals surface area contributed by atoms with E-state index in [1.807, 2.05) is 0 Å². The Morgan fingerprint density at radius 2 is 1.92 bits per heavy atom. The van der Waals surface area contributed by atoms with Gasteiger partial charge in [0, 0.05) is 27.2 Å². The Balaban J connectivity index is 1.98. The van der Waals surface area contributed by atoms with Crippen molar-refractivity contribution in [3.05, 3.63) is 29.6 Å². The zero-order valence-corrected chi connectivity index (χ0v) is 15.8. The number of aryl methyl sites for hydroxylation is 1. The number of benzene rings is 1. The van der Waals surface area contributed by atoms with Crippen LogP contribution in [0.3, 0.4) is 0 Å². The van der Waals surface area contributed by atoms with Crippen LogP contribution < -0.4 is 0 Å². The highest BCUT2D eigenvalue weighted by molar-refractivity contribution is 7.89. The number of sulfonamides is 1. The molecule has 1 heterocycles. The van der Waals surface area contributed by atoms with Gasteiger partial charge in [0.05, 0.1) is 10.8 Å². The van der Waals surface area contributed by atoms with Crippen LogP contribution in [0.15, 0.2) is 23.1 Å². The molecule has 1 atom stereocenters. The summed E-state index contributed by atoms with van der Waals surface area (Å²) in [5, 5.41) is 0. The standard InChI is InChI=1S/C18H25FN2O3S/c1-13-6-7-14(19)10-16(13)25(23,24)21-11-15(17(22)20(2)3)18(12-21)8-4-5-9-18/h6-7,10,15H,4-5,8-9,11-12H2,1-3H3. The monoisotopic (exact) mass is 368 g/mol. The molecule has 2 fully saturated rings. The fraction of sp³-hybridized carbons (Fsp3) is 0.611. The van der Waals surface area contributed by atoms with Crippen LogP contribution in [0.1, 0.15) is 31.2 Å². The summed E-state index contributed by atoms with van der Waals surface area (Å²) >= 11 is 0. The number of rotatable bonds is 3. The van der Waals surface area contributed by atoms with E-state index in [2.05, 4.69) is 0 Å². The summed E-state index contributed by atoms with van der Waals surface area (Å²) in [6, 6.07) is 3.81. The number of carbonyl (C=O) groups excluding carboxylic acids is 1. The first kappa shape index (κ1) is 18.3. The molecule has 0 bridgehead atoms. The van der Waals surface area contributed by atoms with Crippen LogP contribution in [-0.2, 0) is 14.8 Å². The van der Waals surface area contributed by atoms with Gasteiger partial charge >= 0.3 is 0 Å². The van der Waals surface area contributed by atoms with Crippen LogP contribution in [0.4, 0.5) is 4.39 Å². The molecule has 1 aromatic carbocycles. The molecule has 5 nitrogen and oxygen atoms in total. The van der Waals surface area contributed by atoms with Gasteiger partial charge in [0.1, 0.15) is 5.82 Å². The smallest absolute Gasteiger partial charge is 0.243 e. The molecule has 1 aromatic rings. The minimum absolute atomic E-state index is 0.00130. The number of carbonyl (C=O) groups is 1. The van der Waals surface area contributed by atoms with Gasteiger partial charge in [-0.05, 0) is 42.9 Å². The number of hydrogen-bond donors (Lipinski definition) is 0. The zero-order chi connectivity index (χ0) is 18.4. The van der Waals surface area contributed by atoms with Crippen molar-refractivity contribution in [2.75, 3.05) is 27.2 Å². The highest BCUT2D eigenvalue weighted by Gasteiger charge is 2.54. The summed E-state index contributed by atoms with van der Waals surface area (Å²) in [6.45, 7) is 2.18. The summed E-state index contributed by atoms with van der Waals surface area (Å²) in [6.07, 6.45) is 3.77.